The maximum absolute atomic E-state index is 12.9. The van der Waals surface area contributed by atoms with E-state index in [2.05, 4.69) is 20.4 Å². The molecule has 1 N–H and O–H groups in total. The summed E-state index contributed by atoms with van der Waals surface area (Å²) < 4.78 is 12.2. The highest BCUT2D eigenvalue weighted by molar-refractivity contribution is 7.99. The summed E-state index contributed by atoms with van der Waals surface area (Å²) in [5.41, 5.74) is 2.08. The molecule has 0 fully saturated rings. The summed E-state index contributed by atoms with van der Waals surface area (Å²) in [6.45, 7) is 2.04. The number of aryl methyl sites for hydroxylation is 1. The second kappa shape index (κ2) is 9.05. The van der Waals surface area contributed by atoms with Gasteiger partial charge in [-0.1, -0.05) is 30.8 Å². The van der Waals surface area contributed by atoms with Gasteiger partial charge in [-0.25, -0.2) is 4.98 Å². The van der Waals surface area contributed by atoms with Crippen LogP contribution in [0.2, 0.25) is 0 Å². The number of hydrogen-bond donors (Lipinski definition) is 1. The van der Waals surface area contributed by atoms with Gasteiger partial charge in [-0.15, -0.1) is 0 Å². The van der Waals surface area contributed by atoms with Gasteiger partial charge in [0.15, 0.2) is 11.5 Å². The fourth-order valence-electron chi connectivity index (χ4n) is 3.03. The molecule has 0 spiro atoms. The summed E-state index contributed by atoms with van der Waals surface area (Å²) in [5, 5.41) is 8.13. The number of fused-ring (bicyclic) bond motifs is 1. The highest BCUT2D eigenvalue weighted by Crippen LogP contribution is 2.34. The molecule has 0 unspecified atom stereocenters. The lowest BCUT2D eigenvalue weighted by molar-refractivity contribution is 0.102. The van der Waals surface area contributed by atoms with Gasteiger partial charge in [0.05, 0.1) is 19.9 Å². The third-order valence-electron chi connectivity index (χ3n) is 4.63. The van der Waals surface area contributed by atoms with Crippen molar-refractivity contribution < 1.29 is 14.3 Å². The summed E-state index contributed by atoms with van der Waals surface area (Å²) in [6, 6.07) is 14.7. The van der Waals surface area contributed by atoms with Crippen molar-refractivity contribution >= 4 is 29.1 Å². The van der Waals surface area contributed by atoms with Crippen LogP contribution in [0.25, 0.3) is 5.78 Å². The van der Waals surface area contributed by atoms with E-state index in [9.17, 15) is 4.79 Å². The SMILES string of the molecule is CCc1cc(Sc2ccccc2NC(=O)c2ccc(OC)c(OC)c2)n2ncnc2n1. The number of nitrogens with zero attached hydrogens (tertiary/aromatic N) is 4. The Balaban J connectivity index is 1.63. The number of para-hydroxylation sites is 1. The number of carbonyl (C=O) groups excluding carboxylic acids is 1. The molecule has 8 nitrogen and oxygen atoms in total. The zero-order valence-corrected chi connectivity index (χ0v) is 18.1. The van der Waals surface area contributed by atoms with E-state index in [4.69, 9.17) is 9.47 Å². The number of ether oxygens (including phenoxy) is 2. The molecule has 4 aromatic rings. The molecule has 0 aliphatic rings. The van der Waals surface area contributed by atoms with Gasteiger partial charge in [-0.3, -0.25) is 4.79 Å². The van der Waals surface area contributed by atoms with E-state index in [0.717, 1.165) is 22.0 Å². The molecule has 2 heterocycles. The third-order valence-corrected chi connectivity index (χ3v) is 5.71. The van der Waals surface area contributed by atoms with Crippen LogP contribution in [0.5, 0.6) is 11.5 Å². The summed E-state index contributed by atoms with van der Waals surface area (Å²) in [7, 11) is 3.09. The molecule has 0 saturated carbocycles. The maximum atomic E-state index is 12.9. The Bertz CT molecular complexity index is 1240. The second-order valence-corrected chi connectivity index (χ2v) is 7.60. The second-order valence-electron chi connectivity index (χ2n) is 6.53. The number of nitrogens with one attached hydrogen (secondary N) is 1. The van der Waals surface area contributed by atoms with E-state index >= 15 is 0 Å². The smallest absolute Gasteiger partial charge is 0.255 e. The first kappa shape index (κ1) is 20.7. The van der Waals surface area contributed by atoms with Crippen LogP contribution in [0.15, 0.2) is 64.8 Å². The van der Waals surface area contributed by atoms with Gasteiger partial charge in [0, 0.05) is 16.2 Å². The Morgan fingerprint density at radius 2 is 1.90 bits per heavy atom. The number of aromatic nitrogens is 4. The van der Waals surface area contributed by atoms with Crippen molar-refractivity contribution in [1.29, 1.82) is 0 Å². The van der Waals surface area contributed by atoms with Gasteiger partial charge in [-0.05, 0) is 42.8 Å². The van der Waals surface area contributed by atoms with Crippen molar-refractivity contribution in [3.05, 3.63) is 66.1 Å². The molecule has 31 heavy (non-hydrogen) atoms. The molecule has 2 aromatic carbocycles. The van der Waals surface area contributed by atoms with Crippen LogP contribution >= 0.6 is 11.8 Å². The summed E-state index contributed by atoms with van der Waals surface area (Å²) in [4.78, 5) is 22.5. The van der Waals surface area contributed by atoms with Crippen LogP contribution in [0, 0.1) is 0 Å². The van der Waals surface area contributed by atoms with E-state index < -0.39 is 0 Å². The summed E-state index contributed by atoms with van der Waals surface area (Å²) in [5.74, 6) is 1.36. The van der Waals surface area contributed by atoms with E-state index in [-0.39, 0.29) is 5.91 Å². The normalized spacial score (nSPS) is 10.8. The summed E-state index contributed by atoms with van der Waals surface area (Å²) >= 11 is 1.49. The van der Waals surface area contributed by atoms with Crippen LogP contribution in [-0.4, -0.2) is 39.7 Å². The summed E-state index contributed by atoms with van der Waals surface area (Å²) in [6.07, 6.45) is 2.27. The molecule has 0 saturated heterocycles. The van der Waals surface area contributed by atoms with Crippen LogP contribution < -0.4 is 14.8 Å². The number of hydrogen-bond acceptors (Lipinski definition) is 7. The van der Waals surface area contributed by atoms with Crippen molar-refractivity contribution in [3.63, 3.8) is 0 Å². The standard InChI is InChI=1S/C22H21N5O3S/c1-4-15-12-20(27-22(25-15)23-13-24-27)31-19-8-6-5-7-16(19)26-21(28)14-9-10-17(29-2)18(11-14)30-3/h5-13H,4H2,1-3H3,(H,26,28). The van der Waals surface area contributed by atoms with Crippen molar-refractivity contribution in [1.82, 2.24) is 19.6 Å². The molecule has 158 valence electrons. The first-order valence-corrected chi connectivity index (χ1v) is 10.4. The number of anilines is 1. The van der Waals surface area contributed by atoms with Gasteiger partial charge in [0.1, 0.15) is 11.4 Å². The van der Waals surface area contributed by atoms with Crippen molar-refractivity contribution in [3.8, 4) is 11.5 Å². The highest BCUT2D eigenvalue weighted by Gasteiger charge is 2.15. The van der Waals surface area contributed by atoms with E-state index in [1.807, 2.05) is 37.3 Å². The van der Waals surface area contributed by atoms with E-state index in [1.54, 1.807) is 29.8 Å². The van der Waals surface area contributed by atoms with E-state index in [0.29, 0.717) is 28.5 Å². The first-order valence-electron chi connectivity index (χ1n) is 9.62. The Kier molecular flexibility index (Phi) is 6.03. The van der Waals surface area contributed by atoms with Crippen LogP contribution in [0.4, 0.5) is 5.69 Å². The third kappa shape index (κ3) is 4.31. The van der Waals surface area contributed by atoms with Crippen molar-refractivity contribution in [2.75, 3.05) is 19.5 Å². The van der Waals surface area contributed by atoms with Gasteiger partial charge in [0.2, 0.25) is 0 Å². The molecule has 2 aromatic heterocycles. The molecule has 0 aliphatic heterocycles. The minimum Gasteiger partial charge on any atom is -0.493 e. The zero-order chi connectivity index (χ0) is 21.8. The molecular formula is C22H21N5O3S. The fourth-order valence-corrected chi connectivity index (χ4v) is 4.04. The Morgan fingerprint density at radius 3 is 2.68 bits per heavy atom. The lowest BCUT2D eigenvalue weighted by Gasteiger charge is -2.13. The lowest BCUT2D eigenvalue weighted by Crippen LogP contribution is -2.13. The predicted octanol–water partition coefficient (Wildman–Crippen LogP) is 4.11. The number of amides is 1. The molecule has 9 heteroatoms. The van der Waals surface area contributed by atoms with Crippen LogP contribution in [0.3, 0.4) is 0 Å². The largest absolute Gasteiger partial charge is 0.493 e. The topological polar surface area (TPSA) is 90.6 Å². The number of methoxy groups -OCH3 is 2. The average Bonchev–Trinajstić information content (AvgIpc) is 3.28. The molecule has 0 atom stereocenters. The zero-order valence-electron chi connectivity index (χ0n) is 17.3. The van der Waals surface area contributed by atoms with Crippen molar-refractivity contribution in [2.24, 2.45) is 0 Å². The Labute approximate surface area is 183 Å². The number of rotatable bonds is 7. The van der Waals surface area contributed by atoms with Gasteiger partial charge in [0.25, 0.3) is 11.7 Å². The minimum atomic E-state index is -0.246. The number of carbonyl (C=O) groups is 1. The quantitative estimate of drug-likeness (QED) is 0.437. The fraction of sp³-hybridized carbons (Fsp3) is 0.182. The Morgan fingerprint density at radius 1 is 1.10 bits per heavy atom. The average molecular weight is 436 g/mol. The van der Waals surface area contributed by atoms with Gasteiger partial charge >= 0.3 is 0 Å². The van der Waals surface area contributed by atoms with Crippen molar-refractivity contribution in [2.45, 2.75) is 23.3 Å². The molecular weight excluding hydrogens is 414 g/mol. The first-order chi connectivity index (χ1) is 15.1. The monoisotopic (exact) mass is 435 g/mol. The molecule has 0 radical (unpaired) electrons. The number of benzene rings is 2. The Hall–Kier alpha value is -3.59. The molecule has 4 rings (SSSR count). The van der Waals surface area contributed by atoms with E-state index in [1.165, 1.54) is 25.2 Å². The molecule has 1 amide bonds. The van der Waals surface area contributed by atoms with Crippen LogP contribution in [0.1, 0.15) is 23.0 Å². The highest BCUT2D eigenvalue weighted by atomic mass is 32.2. The predicted molar refractivity (Wildman–Crippen MR) is 118 cm³/mol. The minimum absolute atomic E-state index is 0.246. The van der Waals surface area contributed by atoms with Gasteiger partial charge < -0.3 is 14.8 Å². The van der Waals surface area contributed by atoms with Crippen LogP contribution in [-0.2, 0) is 6.42 Å². The molecule has 0 aliphatic carbocycles. The van der Waals surface area contributed by atoms with Gasteiger partial charge in [-0.2, -0.15) is 14.6 Å². The maximum Gasteiger partial charge on any atom is 0.255 e. The lowest BCUT2D eigenvalue weighted by atomic mass is 10.2. The molecule has 0 bridgehead atoms.